The molecule has 0 radical (unpaired) electrons. The summed E-state index contributed by atoms with van der Waals surface area (Å²) in [7, 11) is 0. The Bertz CT molecular complexity index is 835. The summed E-state index contributed by atoms with van der Waals surface area (Å²) in [6.45, 7) is 5.87. The summed E-state index contributed by atoms with van der Waals surface area (Å²) in [6.07, 6.45) is 3.88. The van der Waals surface area contributed by atoms with Gasteiger partial charge < -0.3 is 14.5 Å². The van der Waals surface area contributed by atoms with Crippen LogP contribution < -0.4 is 10.1 Å². The molecule has 0 atom stereocenters. The Morgan fingerprint density at radius 2 is 1.87 bits per heavy atom. The van der Waals surface area contributed by atoms with Crippen LogP contribution in [0.15, 0.2) is 48.8 Å². The number of benzene rings is 1. The van der Waals surface area contributed by atoms with Crippen molar-refractivity contribution < 1.29 is 9.53 Å². The molecule has 0 aliphatic rings. The Kier molecular flexibility index (Phi) is 4.02. The highest BCUT2D eigenvalue weighted by Crippen LogP contribution is 2.16. The standard InChI is InChI=1S/C18H19N3O2/c1-12(2)23-16-7-4-14(5-8-16)18(22)20-15-6-9-17-19-13(3)10-21(17)11-15/h4-12H,1-3H3,(H,20,22). The quantitative estimate of drug-likeness (QED) is 0.800. The van der Waals surface area contributed by atoms with E-state index in [1.54, 1.807) is 24.3 Å². The topological polar surface area (TPSA) is 55.6 Å². The van der Waals surface area contributed by atoms with E-state index in [0.717, 1.165) is 22.8 Å². The van der Waals surface area contributed by atoms with Crippen molar-refractivity contribution in [1.82, 2.24) is 9.38 Å². The number of amides is 1. The van der Waals surface area contributed by atoms with E-state index in [0.29, 0.717) is 5.56 Å². The third kappa shape index (κ3) is 3.51. The van der Waals surface area contributed by atoms with Crippen LogP contribution in [-0.4, -0.2) is 21.4 Å². The number of nitrogens with zero attached hydrogens (tertiary/aromatic N) is 2. The zero-order valence-corrected chi connectivity index (χ0v) is 13.4. The van der Waals surface area contributed by atoms with Crippen LogP contribution in [0.4, 0.5) is 5.69 Å². The summed E-state index contributed by atoms with van der Waals surface area (Å²) in [5.74, 6) is 0.601. The van der Waals surface area contributed by atoms with Crippen LogP contribution in [0.1, 0.15) is 29.9 Å². The first-order valence-electron chi connectivity index (χ1n) is 7.55. The molecule has 2 heterocycles. The number of anilines is 1. The highest BCUT2D eigenvalue weighted by molar-refractivity contribution is 6.04. The first kappa shape index (κ1) is 15.1. The summed E-state index contributed by atoms with van der Waals surface area (Å²) in [5, 5.41) is 2.89. The van der Waals surface area contributed by atoms with Gasteiger partial charge in [-0.05, 0) is 57.2 Å². The van der Waals surface area contributed by atoms with E-state index in [4.69, 9.17) is 4.74 Å². The Hall–Kier alpha value is -2.82. The van der Waals surface area contributed by atoms with Crippen molar-refractivity contribution in [3.63, 3.8) is 0 Å². The second-order valence-corrected chi connectivity index (χ2v) is 5.71. The smallest absolute Gasteiger partial charge is 0.255 e. The monoisotopic (exact) mass is 309 g/mol. The fraction of sp³-hybridized carbons (Fsp3) is 0.222. The maximum atomic E-state index is 12.3. The van der Waals surface area contributed by atoms with Gasteiger partial charge in [0.05, 0.1) is 17.5 Å². The Balaban J connectivity index is 1.74. The number of ether oxygens (including phenoxy) is 1. The average Bonchev–Trinajstić information content (AvgIpc) is 2.86. The Labute approximate surface area is 134 Å². The van der Waals surface area contributed by atoms with Crippen LogP contribution in [-0.2, 0) is 0 Å². The minimum atomic E-state index is -0.155. The van der Waals surface area contributed by atoms with E-state index in [-0.39, 0.29) is 12.0 Å². The summed E-state index contributed by atoms with van der Waals surface area (Å²) < 4.78 is 7.47. The maximum Gasteiger partial charge on any atom is 0.255 e. The zero-order chi connectivity index (χ0) is 16.4. The molecule has 0 saturated carbocycles. The molecular weight excluding hydrogens is 290 g/mol. The number of carbonyl (C=O) groups excluding carboxylic acids is 1. The molecule has 5 heteroatoms. The molecule has 1 amide bonds. The lowest BCUT2D eigenvalue weighted by atomic mass is 10.2. The number of carbonyl (C=O) groups is 1. The van der Waals surface area contributed by atoms with Gasteiger partial charge in [-0.25, -0.2) is 4.98 Å². The van der Waals surface area contributed by atoms with Crippen LogP contribution in [0.2, 0.25) is 0 Å². The van der Waals surface area contributed by atoms with E-state index in [9.17, 15) is 4.79 Å². The SMILES string of the molecule is Cc1cn2cc(NC(=O)c3ccc(OC(C)C)cc3)ccc2n1. The lowest BCUT2D eigenvalue weighted by Gasteiger charge is -2.10. The van der Waals surface area contributed by atoms with Gasteiger partial charge in [0.25, 0.3) is 5.91 Å². The first-order chi connectivity index (χ1) is 11.0. The van der Waals surface area contributed by atoms with Crippen molar-refractivity contribution in [3.8, 4) is 5.75 Å². The number of hydrogen-bond donors (Lipinski definition) is 1. The molecule has 0 saturated heterocycles. The van der Waals surface area contributed by atoms with Crippen molar-refractivity contribution in [2.75, 3.05) is 5.32 Å². The predicted octanol–water partition coefficient (Wildman–Crippen LogP) is 3.68. The molecule has 0 fully saturated rings. The Morgan fingerprint density at radius 1 is 1.13 bits per heavy atom. The van der Waals surface area contributed by atoms with Gasteiger partial charge >= 0.3 is 0 Å². The van der Waals surface area contributed by atoms with Crippen LogP contribution >= 0.6 is 0 Å². The molecule has 1 N–H and O–H groups in total. The van der Waals surface area contributed by atoms with Crippen molar-refractivity contribution >= 4 is 17.2 Å². The van der Waals surface area contributed by atoms with Gasteiger partial charge in [-0.15, -0.1) is 0 Å². The molecule has 3 aromatic rings. The van der Waals surface area contributed by atoms with E-state index < -0.39 is 0 Å². The largest absolute Gasteiger partial charge is 0.491 e. The summed E-state index contributed by atoms with van der Waals surface area (Å²) >= 11 is 0. The second kappa shape index (κ2) is 6.12. The minimum absolute atomic E-state index is 0.111. The molecule has 2 aromatic heterocycles. The van der Waals surface area contributed by atoms with Gasteiger partial charge in [0.15, 0.2) is 0 Å². The van der Waals surface area contributed by atoms with E-state index >= 15 is 0 Å². The third-order valence-corrected chi connectivity index (χ3v) is 3.32. The molecule has 0 aliphatic heterocycles. The molecule has 0 unspecified atom stereocenters. The van der Waals surface area contributed by atoms with Crippen molar-refractivity contribution in [1.29, 1.82) is 0 Å². The number of aryl methyl sites for hydroxylation is 1. The predicted molar refractivity (Wildman–Crippen MR) is 90.1 cm³/mol. The number of pyridine rings is 1. The van der Waals surface area contributed by atoms with Gasteiger partial charge in [-0.2, -0.15) is 0 Å². The van der Waals surface area contributed by atoms with Gasteiger partial charge in [0, 0.05) is 18.0 Å². The molecule has 0 spiro atoms. The molecular formula is C18H19N3O2. The fourth-order valence-corrected chi connectivity index (χ4v) is 2.35. The van der Waals surface area contributed by atoms with Gasteiger partial charge in [-0.3, -0.25) is 4.79 Å². The summed E-state index contributed by atoms with van der Waals surface area (Å²) in [5.41, 5.74) is 3.11. The zero-order valence-electron chi connectivity index (χ0n) is 13.4. The number of imidazole rings is 1. The van der Waals surface area contributed by atoms with Crippen LogP contribution in [0.25, 0.3) is 5.65 Å². The molecule has 0 bridgehead atoms. The average molecular weight is 309 g/mol. The third-order valence-electron chi connectivity index (χ3n) is 3.32. The van der Waals surface area contributed by atoms with Crippen LogP contribution in [0.3, 0.4) is 0 Å². The number of aromatic nitrogens is 2. The maximum absolute atomic E-state index is 12.3. The summed E-state index contributed by atoms with van der Waals surface area (Å²) in [6, 6.07) is 10.8. The summed E-state index contributed by atoms with van der Waals surface area (Å²) in [4.78, 5) is 16.7. The fourth-order valence-electron chi connectivity index (χ4n) is 2.35. The number of fused-ring (bicyclic) bond motifs is 1. The molecule has 5 nitrogen and oxygen atoms in total. The molecule has 23 heavy (non-hydrogen) atoms. The lowest BCUT2D eigenvalue weighted by Crippen LogP contribution is -2.12. The molecule has 3 rings (SSSR count). The van der Waals surface area contributed by atoms with Crippen molar-refractivity contribution in [3.05, 3.63) is 60.0 Å². The normalized spacial score (nSPS) is 11.0. The van der Waals surface area contributed by atoms with E-state index in [1.807, 2.05) is 49.7 Å². The second-order valence-electron chi connectivity index (χ2n) is 5.71. The highest BCUT2D eigenvalue weighted by atomic mass is 16.5. The van der Waals surface area contributed by atoms with Crippen molar-refractivity contribution in [2.24, 2.45) is 0 Å². The van der Waals surface area contributed by atoms with Gasteiger partial charge in [0.1, 0.15) is 11.4 Å². The van der Waals surface area contributed by atoms with E-state index in [1.165, 1.54) is 0 Å². The van der Waals surface area contributed by atoms with Crippen LogP contribution in [0, 0.1) is 6.92 Å². The first-order valence-corrected chi connectivity index (χ1v) is 7.55. The molecule has 0 aliphatic carbocycles. The molecule has 1 aromatic carbocycles. The number of rotatable bonds is 4. The lowest BCUT2D eigenvalue weighted by molar-refractivity contribution is 0.102. The number of nitrogens with one attached hydrogen (secondary N) is 1. The number of hydrogen-bond acceptors (Lipinski definition) is 3. The minimum Gasteiger partial charge on any atom is -0.491 e. The van der Waals surface area contributed by atoms with Gasteiger partial charge in [-0.1, -0.05) is 0 Å². The molecule has 118 valence electrons. The highest BCUT2D eigenvalue weighted by Gasteiger charge is 2.08. The van der Waals surface area contributed by atoms with Crippen LogP contribution in [0.5, 0.6) is 5.75 Å². The Morgan fingerprint density at radius 3 is 2.57 bits per heavy atom. The van der Waals surface area contributed by atoms with Gasteiger partial charge in [0.2, 0.25) is 0 Å². The van der Waals surface area contributed by atoms with E-state index in [2.05, 4.69) is 10.3 Å². The van der Waals surface area contributed by atoms with Crippen molar-refractivity contribution in [2.45, 2.75) is 26.9 Å².